The number of hydrogen-bond donors (Lipinski definition) is 1. The van der Waals surface area contributed by atoms with Crippen molar-refractivity contribution < 1.29 is 8.42 Å². The summed E-state index contributed by atoms with van der Waals surface area (Å²) in [4.78, 5) is 9.69. The summed E-state index contributed by atoms with van der Waals surface area (Å²) in [6.07, 6.45) is 3.36. The lowest BCUT2D eigenvalue weighted by molar-refractivity contribution is 0.477. The maximum atomic E-state index is 12.7. The molecule has 1 N–H and O–H groups in total. The SMILES string of the molecule is O=S(=O)(c1cccc(Nc2ncnc3sccc23)c1)N1CCCC1. The number of anilines is 2. The number of benzene rings is 1. The average molecular weight is 360 g/mol. The molecule has 0 radical (unpaired) electrons. The van der Waals surface area contributed by atoms with Crippen LogP contribution in [0, 0.1) is 0 Å². The van der Waals surface area contributed by atoms with Crippen LogP contribution in [0.3, 0.4) is 0 Å². The molecule has 1 aliphatic rings. The number of sulfonamides is 1. The molecule has 0 atom stereocenters. The number of hydrogen-bond acceptors (Lipinski definition) is 6. The number of aromatic nitrogens is 2. The molecule has 0 aliphatic carbocycles. The van der Waals surface area contributed by atoms with Gasteiger partial charge < -0.3 is 5.32 Å². The number of rotatable bonds is 4. The van der Waals surface area contributed by atoms with Crippen LogP contribution in [0.5, 0.6) is 0 Å². The molecule has 0 saturated carbocycles. The van der Waals surface area contributed by atoms with Crippen molar-refractivity contribution in [3.8, 4) is 0 Å². The van der Waals surface area contributed by atoms with Gasteiger partial charge in [-0.15, -0.1) is 11.3 Å². The van der Waals surface area contributed by atoms with Gasteiger partial charge in [0.15, 0.2) is 0 Å². The number of thiophene rings is 1. The standard InChI is InChI=1S/C16H16N4O2S2/c21-24(22,20-7-1-2-8-20)13-5-3-4-12(10-13)19-15-14-6-9-23-16(14)18-11-17-15/h3-6,9-11H,1-2,7-8H2,(H,17,18,19). The van der Waals surface area contributed by atoms with E-state index in [1.807, 2.05) is 17.5 Å². The Hall–Kier alpha value is -2.03. The van der Waals surface area contributed by atoms with Crippen LogP contribution in [0.1, 0.15) is 12.8 Å². The van der Waals surface area contributed by atoms with Crippen molar-refractivity contribution in [1.29, 1.82) is 0 Å². The summed E-state index contributed by atoms with van der Waals surface area (Å²) < 4.78 is 26.9. The predicted octanol–water partition coefficient (Wildman–Crippen LogP) is 3.22. The summed E-state index contributed by atoms with van der Waals surface area (Å²) in [6, 6.07) is 8.83. The minimum atomic E-state index is -3.42. The van der Waals surface area contributed by atoms with E-state index in [0.717, 1.165) is 23.1 Å². The van der Waals surface area contributed by atoms with Crippen molar-refractivity contribution in [2.45, 2.75) is 17.7 Å². The van der Waals surface area contributed by atoms with Crippen molar-refractivity contribution >= 4 is 43.1 Å². The molecule has 24 heavy (non-hydrogen) atoms. The molecule has 1 saturated heterocycles. The lowest BCUT2D eigenvalue weighted by Gasteiger charge is -2.16. The molecule has 3 heterocycles. The average Bonchev–Trinajstić information content (AvgIpc) is 3.27. The van der Waals surface area contributed by atoms with Crippen molar-refractivity contribution in [3.63, 3.8) is 0 Å². The Bertz CT molecular complexity index is 978. The Labute approximate surface area is 144 Å². The Balaban J connectivity index is 1.67. The Morgan fingerprint density at radius 3 is 2.79 bits per heavy atom. The highest BCUT2D eigenvalue weighted by Crippen LogP contribution is 2.28. The topological polar surface area (TPSA) is 75.2 Å². The van der Waals surface area contributed by atoms with Gasteiger partial charge in [-0.3, -0.25) is 0 Å². The van der Waals surface area contributed by atoms with E-state index in [-0.39, 0.29) is 0 Å². The van der Waals surface area contributed by atoms with E-state index < -0.39 is 10.0 Å². The second-order valence-electron chi connectivity index (χ2n) is 5.63. The van der Waals surface area contributed by atoms with Crippen LogP contribution in [0.25, 0.3) is 10.2 Å². The third-order valence-corrected chi connectivity index (χ3v) is 6.78. The van der Waals surface area contributed by atoms with E-state index in [1.54, 1.807) is 33.8 Å². The molecule has 124 valence electrons. The maximum Gasteiger partial charge on any atom is 0.243 e. The molecule has 1 aliphatic heterocycles. The monoisotopic (exact) mass is 360 g/mol. The quantitative estimate of drug-likeness (QED) is 0.773. The second-order valence-corrected chi connectivity index (χ2v) is 8.46. The first-order valence-corrected chi connectivity index (χ1v) is 10.0. The minimum Gasteiger partial charge on any atom is -0.340 e. The van der Waals surface area contributed by atoms with Crippen molar-refractivity contribution in [3.05, 3.63) is 42.0 Å². The van der Waals surface area contributed by atoms with Gasteiger partial charge in [-0.25, -0.2) is 18.4 Å². The Kier molecular flexibility index (Phi) is 3.95. The molecular weight excluding hydrogens is 344 g/mol. The van der Waals surface area contributed by atoms with Gasteiger partial charge >= 0.3 is 0 Å². The first-order valence-electron chi connectivity index (χ1n) is 7.70. The van der Waals surface area contributed by atoms with Gasteiger partial charge in [-0.1, -0.05) is 6.07 Å². The lowest BCUT2D eigenvalue weighted by atomic mass is 10.3. The fourth-order valence-corrected chi connectivity index (χ4v) is 5.13. The summed E-state index contributed by atoms with van der Waals surface area (Å²) in [5, 5.41) is 6.09. The third-order valence-electron chi connectivity index (χ3n) is 4.06. The van der Waals surface area contributed by atoms with E-state index in [0.29, 0.717) is 29.5 Å². The minimum absolute atomic E-state index is 0.310. The van der Waals surface area contributed by atoms with Crippen LogP contribution < -0.4 is 5.32 Å². The van der Waals surface area contributed by atoms with Crippen LogP contribution in [-0.4, -0.2) is 35.8 Å². The van der Waals surface area contributed by atoms with Gasteiger partial charge in [-0.05, 0) is 42.5 Å². The van der Waals surface area contributed by atoms with Crippen LogP contribution in [0.15, 0.2) is 46.9 Å². The molecule has 0 spiro atoms. The first kappa shape index (κ1) is 15.5. The highest BCUT2D eigenvalue weighted by molar-refractivity contribution is 7.89. The molecule has 0 amide bonds. The molecular formula is C16H16N4O2S2. The highest BCUT2D eigenvalue weighted by Gasteiger charge is 2.27. The molecule has 3 aromatic rings. The highest BCUT2D eigenvalue weighted by atomic mass is 32.2. The van der Waals surface area contributed by atoms with Crippen LogP contribution in [0.2, 0.25) is 0 Å². The van der Waals surface area contributed by atoms with Gasteiger partial charge in [0.2, 0.25) is 10.0 Å². The molecule has 6 nitrogen and oxygen atoms in total. The first-order chi connectivity index (χ1) is 11.6. The molecule has 2 aromatic heterocycles. The second kappa shape index (κ2) is 6.12. The fraction of sp³-hybridized carbons (Fsp3) is 0.250. The van der Waals surface area contributed by atoms with E-state index >= 15 is 0 Å². The Morgan fingerprint density at radius 1 is 1.12 bits per heavy atom. The van der Waals surface area contributed by atoms with Gasteiger partial charge in [0.1, 0.15) is 17.0 Å². The molecule has 1 aromatic carbocycles. The summed E-state index contributed by atoms with van der Waals surface area (Å²) in [5.74, 6) is 0.678. The molecule has 0 bridgehead atoms. The van der Waals surface area contributed by atoms with Crippen LogP contribution in [0.4, 0.5) is 11.5 Å². The number of nitrogens with one attached hydrogen (secondary N) is 1. The van der Waals surface area contributed by atoms with Crippen LogP contribution in [-0.2, 0) is 10.0 Å². The summed E-state index contributed by atoms with van der Waals surface area (Å²) >= 11 is 1.54. The zero-order chi connectivity index (χ0) is 16.6. The van der Waals surface area contributed by atoms with E-state index in [1.165, 1.54) is 6.33 Å². The predicted molar refractivity (Wildman–Crippen MR) is 95.1 cm³/mol. The van der Waals surface area contributed by atoms with Crippen molar-refractivity contribution in [2.24, 2.45) is 0 Å². The maximum absolute atomic E-state index is 12.7. The molecule has 1 fully saturated rings. The zero-order valence-corrected chi connectivity index (χ0v) is 14.5. The number of fused-ring (bicyclic) bond motifs is 1. The normalized spacial score (nSPS) is 15.8. The van der Waals surface area contributed by atoms with Crippen molar-refractivity contribution in [1.82, 2.24) is 14.3 Å². The van der Waals surface area contributed by atoms with Gasteiger partial charge in [-0.2, -0.15) is 4.31 Å². The zero-order valence-electron chi connectivity index (χ0n) is 12.8. The van der Waals surface area contributed by atoms with E-state index in [9.17, 15) is 8.42 Å². The third kappa shape index (κ3) is 2.77. The van der Waals surface area contributed by atoms with E-state index in [2.05, 4.69) is 15.3 Å². The Morgan fingerprint density at radius 2 is 1.96 bits per heavy atom. The number of nitrogens with zero attached hydrogens (tertiary/aromatic N) is 3. The molecule has 8 heteroatoms. The van der Waals surface area contributed by atoms with Gasteiger partial charge in [0, 0.05) is 18.8 Å². The molecule has 0 unspecified atom stereocenters. The van der Waals surface area contributed by atoms with Gasteiger partial charge in [0.25, 0.3) is 0 Å². The summed E-state index contributed by atoms with van der Waals surface area (Å²) in [7, 11) is -3.42. The van der Waals surface area contributed by atoms with Crippen LogP contribution >= 0.6 is 11.3 Å². The lowest BCUT2D eigenvalue weighted by Crippen LogP contribution is -2.27. The summed E-state index contributed by atoms with van der Waals surface area (Å²) in [5.41, 5.74) is 0.696. The molecule has 4 rings (SSSR count). The van der Waals surface area contributed by atoms with Gasteiger partial charge in [0.05, 0.1) is 10.3 Å². The smallest absolute Gasteiger partial charge is 0.243 e. The summed E-state index contributed by atoms with van der Waals surface area (Å²) in [6.45, 7) is 1.20. The fourth-order valence-electron chi connectivity index (χ4n) is 2.84. The van der Waals surface area contributed by atoms with E-state index in [4.69, 9.17) is 0 Å². The van der Waals surface area contributed by atoms with Crippen molar-refractivity contribution in [2.75, 3.05) is 18.4 Å². The largest absolute Gasteiger partial charge is 0.340 e.